The van der Waals surface area contributed by atoms with Crippen molar-refractivity contribution in [1.29, 1.82) is 0 Å². The molecular formula is C26H34O2S4. The van der Waals surface area contributed by atoms with Gasteiger partial charge in [-0.1, -0.05) is 68.2 Å². The topological polar surface area (TPSA) is 34.1 Å². The minimum absolute atomic E-state index is 0.123. The molecule has 0 aromatic carbocycles. The number of ketones is 2. The van der Waals surface area contributed by atoms with E-state index in [0.29, 0.717) is 46.7 Å². The van der Waals surface area contributed by atoms with Crippen molar-refractivity contribution >= 4 is 54.7 Å². The Morgan fingerprint density at radius 1 is 0.625 bits per heavy atom. The third-order valence-electron chi connectivity index (χ3n) is 9.68. The fraction of sp³-hybridized carbons (Fsp3) is 0.769. The number of Topliss-reactive ketones (excluding diaryl/α,β-unsaturated/α-hetero) is 2. The van der Waals surface area contributed by atoms with Crippen LogP contribution in [0.3, 0.4) is 0 Å². The molecule has 0 amide bonds. The normalized spacial score (nSPS) is 50.6. The van der Waals surface area contributed by atoms with Crippen LogP contribution in [0.5, 0.6) is 0 Å². The molecule has 0 radical (unpaired) electrons. The average Bonchev–Trinajstić information content (AvgIpc) is 3.43. The fourth-order valence-electron chi connectivity index (χ4n) is 8.64. The first-order valence-electron chi connectivity index (χ1n) is 12.6. The van der Waals surface area contributed by atoms with E-state index in [1.54, 1.807) is 12.2 Å². The Kier molecular flexibility index (Phi) is 6.39. The fourth-order valence-corrected chi connectivity index (χ4v) is 17.9. The molecule has 6 fully saturated rings. The van der Waals surface area contributed by atoms with Crippen LogP contribution >= 0.6 is 43.2 Å². The summed E-state index contributed by atoms with van der Waals surface area (Å²) in [4.78, 5) is 26.6. The van der Waals surface area contributed by atoms with E-state index in [1.807, 2.05) is 0 Å². The maximum atomic E-state index is 13.3. The van der Waals surface area contributed by atoms with Crippen LogP contribution in [-0.4, -0.2) is 32.6 Å². The van der Waals surface area contributed by atoms with Crippen LogP contribution in [0.4, 0.5) is 0 Å². The van der Waals surface area contributed by atoms with E-state index in [9.17, 15) is 9.59 Å². The van der Waals surface area contributed by atoms with Gasteiger partial charge in [-0.2, -0.15) is 0 Å². The Labute approximate surface area is 208 Å². The zero-order chi connectivity index (χ0) is 22.0. The molecule has 0 spiro atoms. The second kappa shape index (κ2) is 9.02. The van der Waals surface area contributed by atoms with Crippen molar-refractivity contribution in [3.8, 4) is 0 Å². The lowest BCUT2D eigenvalue weighted by Gasteiger charge is -2.58. The van der Waals surface area contributed by atoms with Gasteiger partial charge >= 0.3 is 0 Å². The summed E-state index contributed by atoms with van der Waals surface area (Å²) >= 11 is 0. The molecule has 32 heavy (non-hydrogen) atoms. The molecule has 0 N–H and O–H groups in total. The molecule has 2 aliphatic heterocycles. The predicted octanol–water partition coefficient (Wildman–Crippen LogP) is 6.87. The molecule has 6 aliphatic rings. The molecule has 2 heterocycles. The van der Waals surface area contributed by atoms with E-state index in [0.717, 1.165) is 47.0 Å². The van der Waals surface area contributed by atoms with Crippen molar-refractivity contribution in [2.75, 3.05) is 0 Å². The van der Waals surface area contributed by atoms with Gasteiger partial charge in [-0.05, 0) is 61.2 Å². The number of carbonyl (C=O) groups excluding carboxylic acids is 2. The van der Waals surface area contributed by atoms with Crippen molar-refractivity contribution < 1.29 is 9.59 Å². The second-order valence-corrected chi connectivity index (χ2v) is 16.1. The third-order valence-corrected chi connectivity index (χ3v) is 16.7. The number of rotatable bonds is 6. The maximum absolute atomic E-state index is 13.3. The van der Waals surface area contributed by atoms with Gasteiger partial charge in [0.25, 0.3) is 0 Å². The minimum atomic E-state index is 0.123. The van der Waals surface area contributed by atoms with E-state index >= 15 is 0 Å². The number of carbonyl (C=O) groups is 2. The van der Waals surface area contributed by atoms with Crippen LogP contribution in [0.1, 0.15) is 51.4 Å². The molecule has 0 aromatic heterocycles. The van der Waals surface area contributed by atoms with Gasteiger partial charge in [-0.25, -0.2) is 0 Å². The summed E-state index contributed by atoms with van der Waals surface area (Å²) in [5, 5.41) is 2.66. The molecule has 12 atom stereocenters. The Bertz CT molecular complexity index is 748. The Morgan fingerprint density at radius 2 is 1.03 bits per heavy atom. The van der Waals surface area contributed by atoms with Gasteiger partial charge in [0.05, 0.1) is 0 Å². The molecule has 0 bridgehead atoms. The SMILES string of the molecule is C=CCC(=O)C1CCC(C(=O)CC=C)C2C3SSC4C5CCCCC5C5SSC(C12)C5C43. The molecule has 6 rings (SSSR count). The largest absolute Gasteiger partial charge is 0.299 e. The summed E-state index contributed by atoms with van der Waals surface area (Å²) < 4.78 is 0. The van der Waals surface area contributed by atoms with Crippen LogP contribution in [-0.2, 0) is 9.59 Å². The molecule has 6 heteroatoms. The number of hydrogen-bond acceptors (Lipinski definition) is 6. The van der Waals surface area contributed by atoms with Crippen molar-refractivity contribution in [3.63, 3.8) is 0 Å². The van der Waals surface area contributed by atoms with Gasteiger partial charge < -0.3 is 0 Å². The second-order valence-electron chi connectivity index (χ2n) is 10.9. The first-order valence-corrected chi connectivity index (χ1v) is 17.1. The van der Waals surface area contributed by atoms with Crippen LogP contribution in [0.2, 0.25) is 0 Å². The number of fused-ring (bicyclic) bond motifs is 6. The first-order chi connectivity index (χ1) is 15.7. The van der Waals surface area contributed by atoms with Crippen LogP contribution in [0, 0.1) is 47.3 Å². The summed E-state index contributed by atoms with van der Waals surface area (Å²) in [6.45, 7) is 7.72. The van der Waals surface area contributed by atoms with Gasteiger partial charge in [0, 0.05) is 45.7 Å². The summed E-state index contributed by atoms with van der Waals surface area (Å²) in [6.07, 6.45) is 12.0. The lowest BCUT2D eigenvalue weighted by atomic mass is 9.49. The van der Waals surface area contributed by atoms with E-state index in [-0.39, 0.29) is 11.8 Å². The monoisotopic (exact) mass is 506 g/mol. The highest BCUT2D eigenvalue weighted by atomic mass is 33.1. The molecule has 0 aromatic rings. The van der Waals surface area contributed by atoms with Crippen molar-refractivity contribution in [1.82, 2.24) is 0 Å². The highest BCUT2D eigenvalue weighted by Crippen LogP contribution is 2.75. The number of allylic oxidation sites excluding steroid dienone is 2. The number of hydrogen-bond donors (Lipinski definition) is 0. The predicted molar refractivity (Wildman–Crippen MR) is 141 cm³/mol. The van der Waals surface area contributed by atoms with Gasteiger partial charge in [0.2, 0.25) is 0 Å². The zero-order valence-electron chi connectivity index (χ0n) is 18.6. The maximum Gasteiger partial charge on any atom is 0.140 e. The third kappa shape index (κ3) is 3.32. The van der Waals surface area contributed by atoms with Crippen molar-refractivity contribution in [2.24, 2.45) is 47.3 Å². The summed E-state index contributed by atoms with van der Waals surface area (Å²) in [5.74, 6) is 5.01. The highest BCUT2D eigenvalue weighted by molar-refractivity contribution is 8.78. The van der Waals surface area contributed by atoms with E-state index in [2.05, 4.69) is 56.3 Å². The van der Waals surface area contributed by atoms with Crippen LogP contribution in [0.25, 0.3) is 0 Å². The molecular weight excluding hydrogens is 473 g/mol. The Morgan fingerprint density at radius 3 is 1.44 bits per heavy atom. The molecule has 4 aliphatic carbocycles. The quantitative estimate of drug-likeness (QED) is 0.289. The molecule has 2 nitrogen and oxygen atoms in total. The smallest absolute Gasteiger partial charge is 0.140 e. The van der Waals surface area contributed by atoms with Crippen molar-refractivity contribution in [2.45, 2.75) is 72.4 Å². The lowest BCUT2D eigenvalue weighted by Crippen LogP contribution is -2.63. The van der Waals surface area contributed by atoms with E-state index in [1.165, 1.54) is 25.7 Å². The molecule has 12 unspecified atom stereocenters. The summed E-state index contributed by atoms with van der Waals surface area (Å²) in [6, 6.07) is 0. The van der Waals surface area contributed by atoms with Crippen LogP contribution in [0.15, 0.2) is 25.3 Å². The van der Waals surface area contributed by atoms with Gasteiger partial charge in [0.1, 0.15) is 11.6 Å². The van der Waals surface area contributed by atoms with Gasteiger partial charge in [-0.3, -0.25) is 9.59 Å². The van der Waals surface area contributed by atoms with E-state index < -0.39 is 0 Å². The van der Waals surface area contributed by atoms with Crippen LogP contribution < -0.4 is 0 Å². The minimum Gasteiger partial charge on any atom is -0.299 e. The zero-order valence-corrected chi connectivity index (χ0v) is 21.9. The Hall–Kier alpha value is 0.220. The summed E-state index contributed by atoms with van der Waals surface area (Å²) in [5.41, 5.74) is 0. The average molecular weight is 507 g/mol. The summed E-state index contributed by atoms with van der Waals surface area (Å²) in [7, 11) is 8.64. The molecule has 174 valence electrons. The Balaban J connectivity index is 1.42. The van der Waals surface area contributed by atoms with Gasteiger partial charge in [0.15, 0.2) is 0 Å². The first kappa shape index (κ1) is 22.7. The van der Waals surface area contributed by atoms with Crippen molar-refractivity contribution in [3.05, 3.63) is 25.3 Å². The van der Waals surface area contributed by atoms with Gasteiger partial charge in [-0.15, -0.1) is 13.2 Å². The lowest BCUT2D eigenvalue weighted by molar-refractivity contribution is -0.136. The molecule has 4 saturated carbocycles. The van der Waals surface area contributed by atoms with E-state index in [4.69, 9.17) is 0 Å². The highest BCUT2D eigenvalue weighted by Gasteiger charge is 2.69. The molecule has 2 saturated heterocycles. The standard InChI is InChI=1S/C26H34O2S4/c1-3-7-17(27)15-11-12-16(18(28)8-4-2)20-19(15)25-21-22-24(30-32-26(20)22)14-10-6-5-9-13(14)23(21)29-31-25/h3-4,13-16,19-26H,1-2,5-12H2.